The molecule has 0 saturated heterocycles. The molecule has 1 heterocycles. The number of nitrogen functional groups attached to an aromatic ring is 1. The van der Waals surface area contributed by atoms with E-state index in [1.54, 1.807) is 12.1 Å². The van der Waals surface area contributed by atoms with Crippen molar-refractivity contribution in [2.45, 2.75) is 18.9 Å². The monoisotopic (exact) mass is 240 g/mol. The van der Waals surface area contributed by atoms with Crippen molar-refractivity contribution in [3.8, 4) is 0 Å². The number of nitrogens with one attached hydrogen (secondary N) is 2. The molecule has 1 fully saturated rings. The summed E-state index contributed by atoms with van der Waals surface area (Å²) in [4.78, 5) is 15.4. The van der Waals surface area contributed by atoms with Crippen molar-refractivity contribution in [1.82, 2.24) is 10.3 Å². The maximum absolute atomic E-state index is 11.4. The lowest BCUT2D eigenvalue weighted by Gasteiger charge is -2.07. The highest BCUT2D eigenvalue weighted by molar-refractivity contribution is 6.29. The van der Waals surface area contributed by atoms with Gasteiger partial charge in [-0.05, 0) is 18.9 Å². The predicted molar refractivity (Wildman–Crippen MR) is 63.3 cm³/mol. The number of nitrogens with two attached hydrogens (primary N) is 1. The van der Waals surface area contributed by atoms with E-state index in [0.29, 0.717) is 22.7 Å². The molecule has 6 heteroatoms. The lowest BCUT2D eigenvalue weighted by Crippen LogP contribution is -2.31. The summed E-state index contributed by atoms with van der Waals surface area (Å²) in [7, 11) is 0. The van der Waals surface area contributed by atoms with Gasteiger partial charge in [0.15, 0.2) is 0 Å². The Kier molecular flexibility index (Phi) is 3.14. The molecule has 0 bridgehead atoms. The largest absolute Gasteiger partial charge is 0.399 e. The molecule has 4 N–H and O–H groups in total. The van der Waals surface area contributed by atoms with Gasteiger partial charge in [-0.15, -0.1) is 0 Å². The van der Waals surface area contributed by atoms with Gasteiger partial charge in [-0.1, -0.05) is 11.6 Å². The number of halogens is 1. The van der Waals surface area contributed by atoms with E-state index >= 15 is 0 Å². The zero-order valence-corrected chi connectivity index (χ0v) is 9.42. The average Bonchev–Trinajstić information content (AvgIpc) is 2.97. The molecule has 0 unspecified atom stereocenters. The topological polar surface area (TPSA) is 80.0 Å². The van der Waals surface area contributed by atoms with Crippen LogP contribution in [0, 0.1) is 0 Å². The fourth-order valence-corrected chi connectivity index (χ4v) is 1.50. The second-order valence-corrected chi connectivity index (χ2v) is 4.19. The van der Waals surface area contributed by atoms with Gasteiger partial charge in [-0.25, -0.2) is 4.98 Å². The molecule has 0 radical (unpaired) electrons. The number of rotatable bonds is 4. The summed E-state index contributed by atoms with van der Waals surface area (Å²) in [5.41, 5.74) is 6.11. The predicted octanol–water partition coefficient (Wildman–Crippen LogP) is 1.01. The zero-order valence-electron chi connectivity index (χ0n) is 8.66. The van der Waals surface area contributed by atoms with Crippen LogP contribution in [0.2, 0.25) is 5.15 Å². The van der Waals surface area contributed by atoms with Crippen LogP contribution in [-0.4, -0.2) is 23.5 Å². The number of nitrogens with zero attached hydrogens (tertiary/aromatic N) is 1. The van der Waals surface area contributed by atoms with Crippen LogP contribution in [0.4, 0.5) is 11.5 Å². The number of amides is 1. The Labute approximate surface area is 98.4 Å². The number of hydrogen-bond acceptors (Lipinski definition) is 4. The highest BCUT2D eigenvalue weighted by Crippen LogP contribution is 2.18. The minimum Gasteiger partial charge on any atom is -0.399 e. The van der Waals surface area contributed by atoms with E-state index < -0.39 is 0 Å². The Hall–Kier alpha value is -1.49. The SMILES string of the molecule is Nc1cc(Cl)nc(NCC(=O)NC2CC2)c1. The molecule has 1 aliphatic rings. The van der Waals surface area contributed by atoms with Crippen LogP contribution in [0.15, 0.2) is 12.1 Å². The van der Waals surface area contributed by atoms with Gasteiger partial charge in [0.1, 0.15) is 11.0 Å². The molecule has 16 heavy (non-hydrogen) atoms. The second-order valence-electron chi connectivity index (χ2n) is 3.80. The van der Waals surface area contributed by atoms with E-state index in [2.05, 4.69) is 15.6 Å². The number of pyridine rings is 1. The molecule has 5 nitrogen and oxygen atoms in total. The van der Waals surface area contributed by atoms with E-state index in [0.717, 1.165) is 12.8 Å². The Bertz CT molecular complexity index is 386. The first-order valence-corrected chi connectivity index (χ1v) is 5.47. The van der Waals surface area contributed by atoms with E-state index in [-0.39, 0.29) is 12.5 Å². The second kappa shape index (κ2) is 4.57. The molecular weight excluding hydrogens is 228 g/mol. The van der Waals surface area contributed by atoms with Crippen LogP contribution in [-0.2, 0) is 4.79 Å². The van der Waals surface area contributed by atoms with E-state index in [4.69, 9.17) is 17.3 Å². The third kappa shape index (κ3) is 3.27. The van der Waals surface area contributed by atoms with Gasteiger partial charge in [0.25, 0.3) is 0 Å². The molecular formula is C10H13ClN4O. The molecule has 1 aromatic rings. The molecule has 86 valence electrons. The van der Waals surface area contributed by atoms with Gasteiger partial charge in [0, 0.05) is 17.8 Å². The molecule has 0 aromatic carbocycles. The van der Waals surface area contributed by atoms with Gasteiger partial charge in [-0.3, -0.25) is 4.79 Å². The quantitative estimate of drug-likeness (QED) is 0.687. The Morgan fingerprint density at radius 3 is 2.94 bits per heavy atom. The molecule has 0 spiro atoms. The van der Waals surface area contributed by atoms with Gasteiger partial charge in [0.2, 0.25) is 5.91 Å². The summed E-state index contributed by atoms with van der Waals surface area (Å²) in [6.07, 6.45) is 2.15. The molecule has 0 atom stereocenters. The maximum Gasteiger partial charge on any atom is 0.239 e. The molecule has 2 rings (SSSR count). The van der Waals surface area contributed by atoms with Crippen LogP contribution in [0.1, 0.15) is 12.8 Å². The summed E-state index contributed by atoms with van der Waals surface area (Å²) in [5.74, 6) is 0.471. The summed E-state index contributed by atoms with van der Waals surface area (Å²) >= 11 is 5.73. The van der Waals surface area contributed by atoms with Crippen LogP contribution in [0.5, 0.6) is 0 Å². The standard InChI is InChI=1S/C10H13ClN4O/c11-8-3-6(12)4-9(15-8)13-5-10(16)14-7-1-2-7/h3-4,7H,1-2,5H2,(H,14,16)(H3,12,13,15). The zero-order chi connectivity index (χ0) is 11.5. The van der Waals surface area contributed by atoms with E-state index in [9.17, 15) is 4.79 Å². The lowest BCUT2D eigenvalue weighted by atomic mass is 10.4. The molecule has 1 saturated carbocycles. The Morgan fingerprint density at radius 2 is 2.31 bits per heavy atom. The van der Waals surface area contributed by atoms with Crippen LogP contribution >= 0.6 is 11.6 Å². The number of carbonyl (C=O) groups excluding carboxylic acids is 1. The van der Waals surface area contributed by atoms with Crippen molar-refractivity contribution in [2.75, 3.05) is 17.6 Å². The highest BCUT2D eigenvalue weighted by atomic mass is 35.5. The van der Waals surface area contributed by atoms with Crippen molar-refractivity contribution in [3.05, 3.63) is 17.3 Å². The minimum atomic E-state index is -0.0390. The molecule has 1 aromatic heterocycles. The molecule has 0 aliphatic heterocycles. The fraction of sp³-hybridized carbons (Fsp3) is 0.400. The first kappa shape index (κ1) is 11.0. The van der Waals surface area contributed by atoms with Gasteiger partial charge >= 0.3 is 0 Å². The summed E-state index contributed by atoms with van der Waals surface area (Å²) in [6.45, 7) is 0.184. The Morgan fingerprint density at radius 1 is 1.56 bits per heavy atom. The van der Waals surface area contributed by atoms with Crippen molar-refractivity contribution >= 4 is 29.0 Å². The van der Waals surface area contributed by atoms with E-state index in [1.807, 2.05) is 0 Å². The van der Waals surface area contributed by atoms with Crippen LogP contribution < -0.4 is 16.4 Å². The smallest absolute Gasteiger partial charge is 0.239 e. The van der Waals surface area contributed by atoms with Crippen molar-refractivity contribution in [1.29, 1.82) is 0 Å². The van der Waals surface area contributed by atoms with Crippen molar-refractivity contribution in [2.24, 2.45) is 0 Å². The van der Waals surface area contributed by atoms with Gasteiger partial charge in [-0.2, -0.15) is 0 Å². The van der Waals surface area contributed by atoms with E-state index in [1.165, 1.54) is 0 Å². The number of carbonyl (C=O) groups is 1. The number of hydrogen-bond donors (Lipinski definition) is 3. The van der Waals surface area contributed by atoms with Gasteiger partial charge in [0.05, 0.1) is 6.54 Å². The minimum absolute atomic E-state index is 0.0390. The maximum atomic E-state index is 11.4. The van der Waals surface area contributed by atoms with Crippen molar-refractivity contribution in [3.63, 3.8) is 0 Å². The highest BCUT2D eigenvalue weighted by Gasteiger charge is 2.22. The Balaban J connectivity index is 1.85. The van der Waals surface area contributed by atoms with Crippen LogP contribution in [0.3, 0.4) is 0 Å². The third-order valence-corrected chi connectivity index (χ3v) is 2.38. The van der Waals surface area contributed by atoms with Crippen LogP contribution in [0.25, 0.3) is 0 Å². The van der Waals surface area contributed by atoms with Gasteiger partial charge < -0.3 is 16.4 Å². The molecule has 1 amide bonds. The first-order chi connectivity index (χ1) is 7.63. The number of anilines is 2. The lowest BCUT2D eigenvalue weighted by molar-refractivity contribution is -0.119. The summed E-state index contributed by atoms with van der Waals surface area (Å²) in [6, 6.07) is 3.56. The summed E-state index contributed by atoms with van der Waals surface area (Å²) < 4.78 is 0. The third-order valence-electron chi connectivity index (χ3n) is 2.19. The van der Waals surface area contributed by atoms with Crippen molar-refractivity contribution < 1.29 is 4.79 Å². The fourth-order valence-electron chi connectivity index (χ4n) is 1.28. The summed E-state index contributed by atoms with van der Waals surface area (Å²) in [5, 5.41) is 6.04. The normalized spacial score (nSPS) is 14.6. The molecule has 1 aliphatic carbocycles. The first-order valence-electron chi connectivity index (χ1n) is 5.10. The number of aromatic nitrogens is 1. The average molecular weight is 241 g/mol.